The van der Waals surface area contributed by atoms with E-state index in [1.54, 1.807) is 19.2 Å². The molecule has 0 aliphatic rings. The quantitative estimate of drug-likeness (QED) is 0.218. The molecule has 130 valence electrons. The van der Waals surface area contributed by atoms with Crippen LogP contribution < -0.4 is 10.5 Å². The summed E-state index contributed by atoms with van der Waals surface area (Å²) in [6, 6.07) is 6.56. The topological polar surface area (TPSA) is 87.8 Å². The number of benzene rings is 1. The maximum absolute atomic E-state index is 11.4. The molecular formula is C15H25IN4O2S. The van der Waals surface area contributed by atoms with Gasteiger partial charge in [0.15, 0.2) is 5.96 Å². The van der Waals surface area contributed by atoms with Crippen molar-refractivity contribution in [3.63, 3.8) is 0 Å². The molecule has 3 N–H and O–H groups in total. The fourth-order valence-corrected chi connectivity index (χ4v) is 2.56. The minimum atomic E-state index is -3.68. The second-order valence-corrected chi connectivity index (χ2v) is 6.51. The summed E-state index contributed by atoms with van der Waals surface area (Å²) in [7, 11) is -0.00564. The Bertz CT molecular complexity index is 632. The van der Waals surface area contributed by atoms with E-state index in [0.717, 1.165) is 30.9 Å². The maximum Gasteiger partial charge on any atom is 0.238 e. The zero-order valence-electron chi connectivity index (χ0n) is 13.5. The summed E-state index contributed by atoms with van der Waals surface area (Å²) in [4.78, 5) is 6.35. The van der Waals surface area contributed by atoms with Crippen molar-refractivity contribution < 1.29 is 8.42 Å². The zero-order valence-corrected chi connectivity index (χ0v) is 16.7. The Labute approximate surface area is 155 Å². The third-order valence-corrected chi connectivity index (χ3v) is 4.06. The predicted molar refractivity (Wildman–Crippen MR) is 105 cm³/mol. The number of primary sulfonamides is 1. The van der Waals surface area contributed by atoms with Crippen LogP contribution in [0.5, 0.6) is 0 Å². The molecule has 0 aliphatic heterocycles. The first-order valence-corrected chi connectivity index (χ1v) is 8.57. The molecule has 8 heteroatoms. The van der Waals surface area contributed by atoms with Gasteiger partial charge >= 0.3 is 0 Å². The maximum atomic E-state index is 11.4. The fraction of sp³-hybridized carbons (Fsp3) is 0.400. The van der Waals surface area contributed by atoms with Gasteiger partial charge in [0.2, 0.25) is 10.0 Å². The van der Waals surface area contributed by atoms with Crippen LogP contribution in [0.4, 0.5) is 0 Å². The molecule has 0 fully saturated rings. The summed E-state index contributed by atoms with van der Waals surface area (Å²) < 4.78 is 22.7. The van der Waals surface area contributed by atoms with Gasteiger partial charge in [0.25, 0.3) is 0 Å². The molecule has 23 heavy (non-hydrogen) atoms. The molecule has 0 aromatic heterocycles. The van der Waals surface area contributed by atoms with Gasteiger partial charge < -0.3 is 10.2 Å². The van der Waals surface area contributed by atoms with Crippen LogP contribution in [0.25, 0.3) is 0 Å². The number of aliphatic imine (C=N–C) groups is 1. The van der Waals surface area contributed by atoms with E-state index in [-0.39, 0.29) is 28.9 Å². The molecular weight excluding hydrogens is 427 g/mol. The Kier molecular flexibility index (Phi) is 10.1. The number of unbranched alkanes of at least 4 members (excludes halogenated alkanes) is 1. The standard InChI is InChI=1S/C15H24N4O2S.HI/c1-4-5-6-10-19(3)15(17-2)18-12-13-8-7-9-14(11-13)22(16,20)21;/h4,7-9,11H,1,5-6,10,12H2,2-3H3,(H,17,18)(H2,16,20,21);1H. The predicted octanol–water partition coefficient (Wildman–Crippen LogP) is 1.93. The van der Waals surface area contributed by atoms with E-state index in [0.29, 0.717) is 6.54 Å². The van der Waals surface area contributed by atoms with Crippen LogP contribution >= 0.6 is 24.0 Å². The van der Waals surface area contributed by atoms with Gasteiger partial charge in [-0.25, -0.2) is 13.6 Å². The molecule has 0 spiro atoms. The van der Waals surface area contributed by atoms with E-state index in [9.17, 15) is 8.42 Å². The number of guanidine groups is 1. The van der Waals surface area contributed by atoms with Gasteiger partial charge in [-0.1, -0.05) is 18.2 Å². The number of rotatable bonds is 7. The van der Waals surface area contributed by atoms with Crippen molar-refractivity contribution in [3.05, 3.63) is 42.5 Å². The molecule has 0 atom stereocenters. The van der Waals surface area contributed by atoms with Gasteiger partial charge in [-0.3, -0.25) is 4.99 Å². The Balaban J connectivity index is 0.00000484. The van der Waals surface area contributed by atoms with Crippen LogP contribution in [0.3, 0.4) is 0 Å². The molecule has 1 aromatic carbocycles. The molecule has 0 aliphatic carbocycles. The lowest BCUT2D eigenvalue weighted by molar-refractivity contribution is 0.470. The average Bonchev–Trinajstić information content (AvgIpc) is 2.47. The number of allylic oxidation sites excluding steroid dienone is 1. The number of hydrogen-bond donors (Lipinski definition) is 2. The lowest BCUT2D eigenvalue weighted by Gasteiger charge is -2.22. The molecule has 0 bridgehead atoms. The molecule has 0 amide bonds. The molecule has 1 rings (SSSR count). The van der Waals surface area contributed by atoms with Gasteiger partial charge in [0, 0.05) is 27.2 Å². The molecule has 0 heterocycles. The first kappa shape index (κ1) is 21.9. The van der Waals surface area contributed by atoms with Crippen molar-refractivity contribution in [1.29, 1.82) is 0 Å². The highest BCUT2D eigenvalue weighted by Gasteiger charge is 2.09. The van der Waals surface area contributed by atoms with E-state index in [4.69, 9.17) is 5.14 Å². The summed E-state index contributed by atoms with van der Waals surface area (Å²) in [6.45, 7) is 5.04. The smallest absolute Gasteiger partial charge is 0.238 e. The van der Waals surface area contributed by atoms with Crippen LogP contribution in [-0.4, -0.2) is 39.9 Å². The van der Waals surface area contributed by atoms with Gasteiger partial charge in [0.05, 0.1) is 4.90 Å². The molecule has 0 saturated carbocycles. The minimum absolute atomic E-state index is 0. The van der Waals surface area contributed by atoms with E-state index >= 15 is 0 Å². The summed E-state index contributed by atoms with van der Waals surface area (Å²) in [5.41, 5.74) is 0.826. The van der Waals surface area contributed by atoms with Gasteiger partial charge in [-0.05, 0) is 30.5 Å². The van der Waals surface area contributed by atoms with E-state index in [1.807, 2.05) is 24.1 Å². The van der Waals surface area contributed by atoms with Crippen molar-refractivity contribution >= 4 is 40.0 Å². The van der Waals surface area contributed by atoms with Crippen LogP contribution in [-0.2, 0) is 16.6 Å². The Hall–Kier alpha value is -1.13. The van der Waals surface area contributed by atoms with Crippen LogP contribution in [0.1, 0.15) is 18.4 Å². The van der Waals surface area contributed by atoms with Crippen LogP contribution in [0.2, 0.25) is 0 Å². The number of halogens is 1. The number of nitrogens with one attached hydrogen (secondary N) is 1. The molecule has 1 aromatic rings. The highest BCUT2D eigenvalue weighted by molar-refractivity contribution is 14.0. The van der Waals surface area contributed by atoms with Crippen molar-refractivity contribution in [3.8, 4) is 0 Å². The monoisotopic (exact) mass is 452 g/mol. The Morgan fingerprint density at radius 1 is 1.48 bits per heavy atom. The number of nitrogens with two attached hydrogens (primary N) is 1. The Morgan fingerprint density at radius 3 is 2.74 bits per heavy atom. The van der Waals surface area contributed by atoms with Gasteiger partial charge in [0.1, 0.15) is 0 Å². The SMILES string of the molecule is C=CCCCN(C)C(=NC)NCc1cccc(S(N)(=O)=O)c1.I. The van der Waals surface area contributed by atoms with Crippen molar-refractivity contribution in [2.24, 2.45) is 10.1 Å². The second-order valence-electron chi connectivity index (χ2n) is 4.95. The average molecular weight is 452 g/mol. The largest absolute Gasteiger partial charge is 0.352 e. The lowest BCUT2D eigenvalue weighted by Crippen LogP contribution is -2.39. The van der Waals surface area contributed by atoms with Crippen molar-refractivity contribution in [2.75, 3.05) is 20.6 Å². The third kappa shape index (κ3) is 7.80. The van der Waals surface area contributed by atoms with Crippen LogP contribution in [0.15, 0.2) is 46.8 Å². The first-order valence-electron chi connectivity index (χ1n) is 7.03. The lowest BCUT2D eigenvalue weighted by atomic mass is 10.2. The summed E-state index contributed by atoms with van der Waals surface area (Å²) in [5, 5.41) is 8.34. The molecule has 0 unspecified atom stereocenters. The number of sulfonamides is 1. The highest BCUT2D eigenvalue weighted by atomic mass is 127. The second kappa shape index (κ2) is 10.6. The van der Waals surface area contributed by atoms with Crippen molar-refractivity contribution in [1.82, 2.24) is 10.2 Å². The van der Waals surface area contributed by atoms with Gasteiger partial charge in [-0.15, -0.1) is 30.6 Å². The molecule has 0 saturated heterocycles. The summed E-state index contributed by atoms with van der Waals surface area (Å²) >= 11 is 0. The van der Waals surface area contributed by atoms with Crippen LogP contribution in [0, 0.1) is 0 Å². The van der Waals surface area contributed by atoms with Crippen molar-refractivity contribution in [2.45, 2.75) is 24.3 Å². The minimum Gasteiger partial charge on any atom is -0.352 e. The first-order chi connectivity index (χ1) is 10.4. The normalized spacial score (nSPS) is 11.5. The molecule has 0 radical (unpaired) electrons. The zero-order chi connectivity index (χ0) is 16.6. The Morgan fingerprint density at radius 2 is 2.17 bits per heavy atom. The summed E-state index contributed by atoms with van der Waals surface area (Å²) in [6.07, 6.45) is 3.85. The van der Waals surface area contributed by atoms with E-state index in [1.165, 1.54) is 6.07 Å². The van der Waals surface area contributed by atoms with E-state index < -0.39 is 10.0 Å². The van der Waals surface area contributed by atoms with E-state index in [2.05, 4.69) is 16.9 Å². The summed E-state index contributed by atoms with van der Waals surface area (Å²) in [5.74, 6) is 0.755. The number of hydrogen-bond acceptors (Lipinski definition) is 3. The highest BCUT2D eigenvalue weighted by Crippen LogP contribution is 2.09. The van der Waals surface area contributed by atoms with Gasteiger partial charge in [-0.2, -0.15) is 0 Å². The third-order valence-electron chi connectivity index (χ3n) is 3.15. The fourth-order valence-electron chi connectivity index (χ4n) is 1.98. The number of nitrogens with zero attached hydrogens (tertiary/aromatic N) is 2. The molecule has 6 nitrogen and oxygen atoms in total.